The van der Waals surface area contributed by atoms with E-state index in [1.165, 1.54) is 10.5 Å². The van der Waals surface area contributed by atoms with Crippen LogP contribution in [-0.4, -0.2) is 36.7 Å². The number of benzene rings is 1. The van der Waals surface area contributed by atoms with E-state index in [1.54, 1.807) is 0 Å². The molecule has 3 nitrogen and oxygen atoms in total. The Kier molecular flexibility index (Phi) is 4.25. The Morgan fingerprint density at radius 1 is 1.26 bits per heavy atom. The number of hydrogen-bond acceptors (Lipinski definition) is 1. The Balaban J connectivity index is 1.56. The van der Waals surface area contributed by atoms with E-state index in [0.717, 1.165) is 12.8 Å². The van der Waals surface area contributed by atoms with E-state index in [1.807, 2.05) is 30.3 Å². The predicted molar refractivity (Wildman–Crippen MR) is 81.1 cm³/mol. The summed E-state index contributed by atoms with van der Waals surface area (Å²) < 4.78 is 38.5. The number of alkyl halides is 3. The number of amides is 2. The number of hydrogen-bond donors (Lipinski definition) is 1. The molecule has 0 aromatic heterocycles. The van der Waals surface area contributed by atoms with Crippen LogP contribution >= 0.6 is 0 Å². The third-order valence-corrected chi connectivity index (χ3v) is 4.99. The summed E-state index contributed by atoms with van der Waals surface area (Å²) in [6.07, 6.45) is -1.70. The number of nitrogens with zero attached hydrogens (tertiary/aromatic N) is 1. The molecule has 1 atom stereocenters. The van der Waals surface area contributed by atoms with Crippen molar-refractivity contribution in [2.45, 2.75) is 37.3 Å². The minimum atomic E-state index is -4.22. The first-order valence-electron chi connectivity index (χ1n) is 8.06. The van der Waals surface area contributed by atoms with E-state index in [0.29, 0.717) is 19.5 Å². The molecule has 1 heterocycles. The van der Waals surface area contributed by atoms with E-state index in [-0.39, 0.29) is 24.4 Å². The van der Waals surface area contributed by atoms with Crippen LogP contribution in [0.5, 0.6) is 0 Å². The molecule has 126 valence electrons. The zero-order valence-corrected chi connectivity index (χ0v) is 12.9. The molecule has 1 unspecified atom stereocenters. The van der Waals surface area contributed by atoms with Crippen LogP contribution in [0.2, 0.25) is 0 Å². The van der Waals surface area contributed by atoms with Crippen LogP contribution in [0.3, 0.4) is 0 Å². The van der Waals surface area contributed by atoms with Crippen molar-refractivity contribution < 1.29 is 18.0 Å². The van der Waals surface area contributed by atoms with E-state index < -0.39 is 12.1 Å². The highest BCUT2D eigenvalue weighted by atomic mass is 19.4. The van der Waals surface area contributed by atoms with Crippen molar-refractivity contribution in [3.8, 4) is 0 Å². The molecule has 1 aliphatic heterocycles. The van der Waals surface area contributed by atoms with E-state index in [9.17, 15) is 18.0 Å². The van der Waals surface area contributed by atoms with Gasteiger partial charge < -0.3 is 10.2 Å². The van der Waals surface area contributed by atoms with Gasteiger partial charge in [-0.05, 0) is 31.2 Å². The highest BCUT2D eigenvalue weighted by molar-refractivity contribution is 5.74. The molecule has 2 fully saturated rings. The smallest absolute Gasteiger partial charge is 0.337 e. The topological polar surface area (TPSA) is 32.3 Å². The molecule has 1 saturated carbocycles. The molecule has 1 aliphatic carbocycles. The number of urea groups is 1. The minimum absolute atomic E-state index is 0.0316. The van der Waals surface area contributed by atoms with Crippen molar-refractivity contribution in [2.75, 3.05) is 19.6 Å². The number of carbonyl (C=O) groups is 1. The largest absolute Gasteiger partial charge is 0.393 e. The molecule has 2 amide bonds. The van der Waals surface area contributed by atoms with E-state index in [2.05, 4.69) is 5.32 Å². The first-order valence-corrected chi connectivity index (χ1v) is 8.06. The first kappa shape index (κ1) is 16.1. The van der Waals surface area contributed by atoms with Gasteiger partial charge in [0.2, 0.25) is 0 Å². The van der Waals surface area contributed by atoms with Crippen molar-refractivity contribution in [3.05, 3.63) is 35.9 Å². The Morgan fingerprint density at radius 2 is 1.96 bits per heavy atom. The summed E-state index contributed by atoms with van der Waals surface area (Å²) in [6.45, 7) is 0.660. The molecule has 1 N–H and O–H groups in total. The van der Waals surface area contributed by atoms with Crippen LogP contribution in [-0.2, 0) is 5.41 Å². The van der Waals surface area contributed by atoms with Gasteiger partial charge in [0.05, 0.1) is 5.92 Å². The summed E-state index contributed by atoms with van der Waals surface area (Å²) in [5.41, 5.74) is 1.16. The third kappa shape index (κ3) is 3.62. The first-order chi connectivity index (χ1) is 10.9. The van der Waals surface area contributed by atoms with Gasteiger partial charge in [-0.25, -0.2) is 4.79 Å². The summed E-state index contributed by atoms with van der Waals surface area (Å²) >= 11 is 0. The van der Waals surface area contributed by atoms with Gasteiger partial charge in [-0.1, -0.05) is 30.3 Å². The van der Waals surface area contributed by atoms with Gasteiger partial charge in [0, 0.05) is 25.0 Å². The zero-order chi connectivity index (χ0) is 16.5. The minimum Gasteiger partial charge on any atom is -0.337 e. The predicted octanol–water partition coefficient (Wildman–Crippen LogP) is 3.70. The second-order valence-electron chi connectivity index (χ2n) is 6.63. The molecule has 1 saturated heterocycles. The summed E-state index contributed by atoms with van der Waals surface area (Å²) in [5, 5.41) is 2.85. The van der Waals surface area contributed by atoms with Gasteiger partial charge >= 0.3 is 12.2 Å². The van der Waals surface area contributed by atoms with Crippen molar-refractivity contribution in [1.82, 2.24) is 10.2 Å². The van der Waals surface area contributed by atoms with Gasteiger partial charge in [0.15, 0.2) is 0 Å². The Morgan fingerprint density at radius 3 is 2.57 bits per heavy atom. The lowest BCUT2D eigenvalue weighted by atomic mass is 9.96. The molecule has 1 aromatic carbocycles. The Labute approximate surface area is 133 Å². The van der Waals surface area contributed by atoms with Crippen molar-refractivity contribution in [1.29, 1.82) is 0 Å². The van der Waals surface area contributed by atoms with Crippen molar-refractivity contribution in [3.63, 3.8) is 0 Å². The normalized spacial score (nSPS) is 23.4. The standard InChI is InChI=1S/C17H21F3N2O/c18-17(19,20)14-7-4-10-22(11-14)15(23)21-12-16(8-9-16)13-5-2-1-3-6-13/h1-3,5-6,14H,4,7-12H2,(H,21,23). The number of likely N-dealkylation sites (tertiary alicyclic amines) is 1. The maximum absolute atomic E-state index is 12.8. The SMILES string of the molecule is O=C(NCC1(c2ccccc2)CC1)N1CCCC(C(F)(F)F)C1. The lowest BCUT2D eigenvalue weighted by Crippen LogP contribution is -2.49. The summed E-state index contributed by atoms with van der Waals surface area (Å²) in [5.74, 6) is -1.40. The second-order valence-corrected chi connectivity index (χ2v) is 6.63. The molecule has 0 radical (unpaired) electrons. The van der Waals surface area contributed by atoms with Gasteiger partial charge in [0.25, 0.3) is 0 Å². The molecule has 6 heteroatoms. The van der Waals surface area contributed by atoms with E-state index in [4.69, 9.17) is 0 Å². The van der Waals surface area contributed by atoms with E-state index >= 15 is 0 Å². The number of nitrogens with one attached hydrogen (secondary N) is 1. The van der Waals surface area contributed by atoms with Crippen LogP contribution in [0, 0.1) is 5.92 Å². The second kappa shape index (κ2) is 6.06. The van der Waals surface area contributed by atoms with Gasteiger partial charge in [-0.15, -0.1) is 0 Å². The van der Waals surface area contributed by atoms with Crippen molar-refractivity contribution in [2.24, 2.45) is 5.92 Å². The van der Waals surface area contributed by atoms with Crippen LogP contribution in [0.4, 0.5) is 18.0 Å². The monoisotopic (exact) mass is 326 g/mol. The molecule has 0 bridgehead atoms. The van der Waals surface area contributed by atoms with Crippen LogP contribution in [0.15, 0.2) is 30.3 Å². The summed E-state index contributed by atoms with van der Waals surface area (Å²) in [7, 11) is 0. The number of rotatable bonds is 3. The lowest BCUT2D eigenvalue weighted by molar-refractivity contribution is -0.184. The molecule has 23 heavy (non-hydrogen) atoms. The zero-order valence-electron chi connectivity index (χ0n) is 12.9. The number of piperidine rings is 1. The Bertz CT molecular complexity index is 555. The molecular formula is C17H21F3N2O. The third-order valence-electron chi connectivity index (χ3n) is 4.99. The fourth-order valence-electron chi connectivity index (χ4n) is 3.30. The summed E-state index contributed by atoms with van der Waals surface area (Å²) in [6, 6.07) is 9.59. The highest BCUT2D eigenvalue weighted by Gasteiger charge is 2.45. The van der Waals surface area contributed by atoms with Gasteiger partial charge in [0.1, 0.15) is 0 Å². The molecule has 2 aliphatic rings. The average molecular weight is 326 g/mol. The quantitative estimate of drug-likeness (QED) is 0.902. The van der Waals surface area contributed by atoms with Crippen molar-refractivity contribution >= 4 is 6.03 Å². The van der Waals surface area contributed by atoms with Crippen LogP contribution < -0.4 is 5.32 Å². The van der Waals surface area contributed by atoms with Crippen LogP contribution in [0.1, 0.15) is 31.2 Å². The number of halogens is 3. The lowest BCUT2D eigenvalue weighted by Gasteiger charge is -2.34. The molecular weight excluding hydrogens is 305 g/mol. The molecule has 3 rings (SSSR count). The fraction of sp³-hybridized carbons (Fsp3) is 0.588. The average Bonchev–Trinajstić information content (AvgIpc) is 3.34. The van der Waals surface area contributed by atoms with Crippen LogP contribution in [0.25, 0.3) is 0 Å². The number of carbonyl (C=O) groups excluding carboxylic acids is 1. The summed E-state index contributed by atoms with van der Waals surface area (Å²) in [4.78, 5) is 13.5. The maximum atomic E-state index is 12.8. The Hall–Kier alpha value is -1.72. The van der Waals surface area contributed by atoms with Gasteiger partial charge in [-0.3, -0.25) is 0 Å². The fourth-order valence-corrected chi connectivity index (χ4v) is 3.30. The molecule has 1 aromatic rings. The van der Waals surface area contributed by atoms with Gasteiger partial charge in [-0.2, -0.15) is 13.2 Å². The maximum Gasteiger partial charge on any atom is 0.393 e. The highest BCUT2D eigenvalue weighted by Crippen LogP contribution is 2.47. The molecule has 0 spiro atoms.